The summed E-state index contributed by atoms with van der Waals surface area (Å²) in [6.45, 7) is 3.93. The first kappa shape index (κ1) is 16.6. The van der Waals surface area contributed by atoms with Gasteiger partial charge in [-0.15, -0.1) is 11.3 Å². The van der Waals surface area contributed by atoms with Crippen LogP contribution in [0.5, 0.6) is 0 Å². The highest BCUT2D eigenvalue weighted by Gasteiger charge is 2.21. The first-order valence-electron chi connectivity index (χ1n) is 7.83. The molecule has 0 radical (unpaired) electrons. The first-order valence-corrected chi connectivity index (χ1v) is 9.44. The quantitative estimate of drug-likeness (QED) is 0.831. The predicted molar refractivity (Wildman–Crippen MR) is 98.0 cm³/mol. The average molecular weight is 394 g/mol. The second kappa shape index (κ2) is 7.55. The molecule has 0 bridgehead atoms. The Kier molecular flexibility index (Phi) is 5.46. The molecule has 3 rings (SSSR count). The van der Waals surface area contributed by atoms with Gasteiger partial charge in [-0.25, -0.2) is 4.98 Å². The highest BCUT2D eigenvalue weighted by Crippen LogP contribution is 2.24. The van der Waals surface area contributed by atoms with Crippen molar-refractivity contribution in [2.45, 2.75) is 26.2 Å². The molecule has 1 fully saturated rings. The molecular weight excluding hydrogens is 374 g/mol. The average Bonchev–Trinajstić information content (AvgIpc) is 2.99. The second-order valence-electron chi connectivity index (χ2n) is 5.91. The van der Waals surface area contributed by atoms with Gasteiger partial charge in [0.25, 0.3) is 0 Å². The molecule has 23 heavy (non-hydrogen) atoms. The number of aromatic nitrogens is 1. The monoisotopic (exact) mass is 393 g/mol. The Bertz CT molecular complexity index is 695. The molecule has 1 saturated heterocycles. The summed E-state index contributed by atoms with van der Waals surface area (Å²) in [5, 5.41) is 6.95. The molecule has 1 aromatic heterocycles. The Balaban J connectivity index is 1.61. The first-order chi connectivity index (χ1) is 11.1. The van der Waals surface area contributed by atoms with E-state index in [9.17, 15) is 4.79 Å². The van der Waals surface area contributed by atoms with Crippen molar-refractivity contribution < 1.29 is 4.79 Å². The molecule has 122 valence electrons. The topological polar surface area (TPSA) is 54.0 Å². The molecule has 2 aromatic rings. The molecule has 2 N–H and O–H groups in total. The Morgan fingerprint density at radius 2 is 2.22 bits per heavy atom. The molecule has 1 aliphatic heterocycles. The predicted octanol–water partition coefficient (Wildman–Crippen LogP) is 3.74. The Hall–Kier alpha value is -1.24. The van der Waals surface area contributed by atoms with Crippen LogP contribution in [-0.4, -0.2) is 24.0 Å². The number of carbonyl (C=O) groups is 1. The van der Waals surface area contributed by atoms with E-state index in [1.54, 1.807) is 11.3 Å². The van der Waals surface area contributed by atoms with Gasteiger partial charge in [-0.3, -0.25) is 4.79 Å². The van der Waals surface area contributed by atoms with Gasteiger partial charge in [-0.2, -0.15) is 0 Å². The van der Waals surface area contributed by atoms with Crippen molar-refractivity contribution in [3.8, 4) is 0 Å². The maximum atomic E-state index is 12.2. The number of nitrogens with one attached hydrogen (secondary N) is 2. The van der Waals surface area contributed by atoms with Crippen LogP contribution in [0.1, 0.15) is 28.8 Å². The summed E-state index contributed by atoms with van der Waals surface area (Å²) in [6.07, 6.45) is 4.51. The minimum atomic E-state index is 0.104. The lowest BCUT2D eigenvalue weighted by molar-refractivity contribution is -0.120. The van der Waals surface area contributed by atoms with Crippen LogP contribution in [0.3, 0.4) is 0 Å². The minimum absolute atomic E-state index is 0.104. The Morgan fingerprint density at radius 3 is 2.96 bits per heavy atom. The number of carbonyl (C=O) groups excluding carboxylic acids is 1. The van der Waals surface area contributed by atoms with E-state index in [1.807, 2.05) is 6.20 Å². The van der Waals surface area contributed by atoms with Crippen molar-refractivity contribution in [3.05, 3.63) is 44.9 Å². The fraction of sp³-hybridized carbons (Fsp3) is 0.412. The lowest BCUT2D eigenvalue weighted by Crippen LogP contribution is -2.34. The van der Waals surface area contributed by atoms with Crippen molar-refractivity contribution in [2.75, 3.05) is 18.4 Å². The Labute approximate surface area is 148 Å². The number of benzene rings is 1. The molecule has 0 spiro atoms. The van der Waals surface area contributed by atoms with Crippen LogP contribution in [0.25, 0.3) is 0 Å². The van der Waals surface area contributed by atoms with Crippen LogP contribution in [0.15, 0.2) is 28.9 Å². The third-order valence-electron chi connectivity index (χ3n) is 4.09. The smallest absolute Gasteiger partial charge is 0.229 e. The number of rotatable bonds is 4. The molecule has 0 unspecified atom stereocenters. The summed E-state index contributed by atoms with van der Waals surface area (Å²) in [5.41, 5.74) is 2.48. The molecule has 2 heterocycles. The summed E-state index contributed by atoms with van der Waals surface area (Å²) in [6, 6.07) is 6.37. The van der Waals surface area contributed by atoms with Gasteiger partial charge in [0.2, 0.25) is 5.91 Å². The van der Waals surface area contributed by atoms with E-state index in [4.69, 9.17) is 0 Å². The van der Waals surface area contributed by atoms with Crippen LogP contribution < -0.4 is 10.6 Å². The van der Waals surface area contributed by atoms with E-state index in [1.165, 1.54) is 11.1 Å². The summed E-state index contributed by atoms with van der Waals surface area (Å²) in [5.74, 6) is 0.213. The van der Waals surface area contributed by atoms with Crippen LogP contribution in [0.2, 0.25) is 0 Å². The summed E-state index contributed by atoms with van der Waals surface area (Å²) in [4.78, 5) is 17.7. The number of hydrogen-bond acceptors (Lipinski definition) is 4. The van der Waals surface area contributed by atoms with E-state index in [0.717, 1.165) is 41.7 Å². The van der Waals surface area contributed by atoms with Gasteiger partial charge in [-0.1, -0.05) is 28.1 Å². The lowest BCUT2D eigenvalue weighted by atomic mass is 9.97. The normalized spacial score (nSPS) is 15.6. The fourth-order valence-electron chi connectivity index (χ4n) is 2.76. The number of nitrogens with zero attached hydrogens (tertiary/aromatic N) is 1. The SMILES string of the molecule is Cc1cc(Cc2cnc(NC(=O)C3CCNCC3)s2)ccc1Br. The minimum Gasteiger partial charge on any atom is -0.317 e. The number of aryl methyl sites for hydroxylation is 1. The van der Waals surface area contributed by atoms with Gasteiger partial charge >= 0.3 is 0 Å². The number of thiazole rings is 1. The lowest BCUT2D eigenvalue weighted by Gasteiger charge is -2.20. The van der Waals surface area contributed by atoms with Crippen molar-refractivity contribution in [3.63, 3.8) is 0 Å². The Morgan fingerprint density at radius 1 is 1.43 bits per heavy atom. The van der Waals surface area contributed by atoms with E-state index in [-0.39, 0.29) is 11.8 Å². The number of amides is 1. The maximum absolute atomic E-state index is 12.2. The van der Waals surface area contributed by atoms with Crippen LogP contribution >= 0.6 is 27.3 Å². The zero-order valence-electron chi connectivity index (χ0n) is 13.1. The maximum Gasteiger partial charge on any atom is 0.229 e. The molecule has 0 saturated carbocycles. The highest BCUT2D eigenvalue weighted by molar-refractivity contribution is 9.10. The van der Waals surface area contributed by atoms with Gasteiger partial charge in [-0.05, 0) is 50.0 Å². The zero-order valence-corrected chi connectivity index (χ0v) is 15.5. The van der Waals surface area contributed by atoms with Crippen molar-refractivity contribution >= 4 is 38.3 Å². The van der Waals surface area contributed by atoms with Gasteiger partial charge in [0.15, 0.2) is 5.13 Å². The van der Waals surface area contributed by atoms with Gasteiger partial charge < -0.3 is 10.6 Å². The third-order valence-corrected chi connectivity index (χ3v) is 5.90. The molecule has 1 aliphatic rings. The van der Waals surface area contributed by atoms with Crippen molar-refractivity contribution in [1.29, 1.82) is 0 Å². The molecule has 6 heteroatoms. The van der Waals surface area contributed by atoms with E-state index in [2.05, 4.69) is 56.7 Å². The van der Waals surface area contributed by atoms with Gasteiger partial charge in [0.05, 0.1) is 0 Å². The molecule has 0 aliphatic carbocycles. The molecule has 4 nitrogen and oxygen atoms in total. The van der Waals surface area contributed by atoms with E-state index in [0.29, 0.717) is 5.13 Å². The largest absolute Gasteiger partial charge is 0.317 e. The zero-order chi connectivity index (χ0) is 16.2. The molecule has 1 amide bonds. The highest BCUT2D eigenvalue weighted by atomic mass is 79.9. The molecule has 1 aromatic carbocycles. The van der Waals surface area contributed by atoms with Gasteiger partial charge in [0.1, 0.15) is 0 Å². The van der Waals surface area contributed by atoms with Crippen molar-refractivity contribution in [1.82, 2.24) is 10.3 Å². The van der Waals surface area contributed by atoms with E-state index < -0.39 is 0 Å². The summed E-state index contributed by atoms with van der Waals surface area (Å²) in [7, 11) is 0. The number of piperidine rings is 1. The fourth-order valence-corrected chi connectivity index (χ4v) is 3.85. The number of hydrogen-bond donors (Lipinski definition) is 2. The summed E-state index contributed by atoms with van der Waals surface area (Å²) >= 11 is 5.08. The van der Waals surface area contributed by atoms with E-state index >= 15 is 0 Å². The van der Waals surface area contributed by atoms with Crippen LogP contribution in [-0.2, 0) is 11.2 Å². The standard InChI is InChI=1S/C17H20BrN3OS/c1-11-8-12(2-3-15(11)18)9-14-10-20-17(23-14)21-16(22)13-4-6-19-7-5-13/h2-3,8,10,13,19H,4-7,9H2,1H3,(H,20,21,22). The second-order valence-corrected chi connectivity index (χ2v) is 7.88. The molecule has 0 atom stereocenters. The molecular formula is C17H20BrN3OS. The van der Waals surface area contributed by atoms with Crippen molar-refractivity contribution in [2.24, 2.45) is 5.92 Å². The third kappa shape index (κ3) is 4.40. The van der Waals surface area contributed by atoms with Crippen LogP contribution in [0.4, 0.5) is 5.13 Å². The number of halogens is 1. The summed E-state index contributed by atoms with van der Waals surface area (Å²) < 4.78 is 1.13. The van der Waals surface area contributed by atoms with Gasteiger partial charge in [0, 0.05) is 27.9 Å². The van der Waals surface area contributed by atoms with Crippen LogP contribution in [0, 0.1) is 12.8 Å². The number of anilines is 1.